The van der Waals surface area contributed by atoms with E-state index in [4.69, 9.17) is 0 Å². The van der Waals surface area contributed by atoms with Gasteiger partial charge in [0.2, 0.25) is 11.8 Å². The molecule has 2 aromatic carbocycles. The average molecular weight is 459 g/mol. The topological polar surface area (TPSA) is 69.6 Å². The van der Waals surface area contributed by atoms with Crippen molar-refractivity contribution in [1.29, 1.82) is 0 Å². The van der Waals surface area contributed by atoms with Crippen molar-refractivity contribution in [3.63, 3.8) is 0 Å². The zero-order valence-corrected chi connectivity index (χ0v) is 20.3. The van der Waals surface area contributed by atoms with Crippen LogP contribution >= 0.6 is 0 Å². The molecule has 2 aromatic rings. The lowest BCUT2D eigenvalue weighted by atomic mass is 9.86. The summed E-state index contributed by atoms with van der Waals surface area (Å²) < 4.78 is 0. The van der Waals surface area contributed by atoms with E-state index in [-0.39, 0.29) is 24.8 Å². The number of rotatable bonds is 4. The van der Waals surface area contributed by atoms with Crippen LogP contribution in [0.25, 0.3) is 17.7 Å². The van der Waals surface area contributed by atoms with Crippen LogP contribution in [-0.4, -0.2) is 47.6 Å². The first kappa shape index (κ1) is 24.0. The fourth-order valence-corrected chi connectivity index (χ4v) is 4.62. The number of nitrogens with one attached hydrogen (secondary N) is 1. The first-order chi connectivity index (χ1) is 16.3. The van der Waals surface area contributed by atoms with Crippen molar-refractivity contribution in [2.45, 2.75) is 46.1 Å². The third kappa shape index (κ3) is 5.15. The summed E-state index contributed by atoms with van der Waals surface area (Å²) in [5.74, 6) is -0.190. The van der Waals surface area contributed by atoms with Crippen molar-refractivity contribution in [3.8, 4) is 0 Å². The van der Waals surface area contributed by atoms with Crippen molar-refractivity contribution in [3.05, 3.63) is 76.4 Å². The number of carbonyl (C=O) groups excluding carboxylic acids is 2. The van der Waals surface area contributed by atoms with Gasteiger partial charge in [-0.05, 0) is 40.7 Å². The first-order valence-electron chi connectivity index (χ1n) is 12.1. The van der Waals surface area contributed by atoms with Gasteiger partial charge in [-0.2, -0.15) is 0 Å². The summed E-state index contributed by atoms with van der Waals surface area (Å²) in [6.45, 7) is 6.48. The van der Waals surface area contributed by atoms with E-state index in [2.05, 4.69) is 66.0 Å². The summed E-state index contributed by atoms with van der Waals surface area (Å²) >= 11 is 0. The zero-order chi connectivity index (χ0) is 24.3. The molecule has 2 amide bonds. The summed E-state index contributed by atoms with van der Waals surface area (Å²) in [4.78, 5) is 27.1. The fourth-order valence-electron chi connectivity index (χ4n) is 4.62. The molecule has 1 heterocycles. The predicted molar refractivity (Wildman–Crippen MR) is 137 cm³/mol. The molecule has 0 spiro atoms. The van der Waals surface area contributed by atoms with E-state index in [9.17, 15) is 14.7 Å². The van der Waals surface area contributed by atoms with Gasteiger partial charge in [0, 0.05) is 24.9 Å². The molecule has 0 saturated carbocycles. The number of hydrogen-bond acceptors (Lipinski definition) is 3. The summed E-state index contributed by atoms with van der Waals surface area (Å²) in [5, 5.41) is 12.5. The Labute approximate surface area is 202 Å². The highest BCUT2D eigenvalue weighted by Crippen LogP contribution is 2.38. The Kier molecular flexibility index (Phi) is 7.03. The summed E-state index contributed by atoms with van der Waals surface area (Å²) in [6.07, 6.45) is 6.09. The summed E-state index contributed by atoms with van der Waals surface area (Å²) in [7, 11) is 0. The minimum atomic E-state index is -0.567. The monoisotopic (exact) mass is 458 g/mol. The van der Waals surface area contributed by atoms with Gasteiger partial charge in [-0.1, -0.05) is 87.0 Å². The molecular formula is C29H34N2O3. The number of likely N-dealkylation sites (tertiary alicyclic amines) is 1. The Morgan fingerprint density at radius 1 is 0.941 bits per heavy atom. The molecule has 1 fully saturated rings. The molecule has 2 N–H and O–H groups in total. The molecule has 1 atom stereocenters. The molecule has 5 heteroatoms. The van der Waals surface area contributed by atoms with E-state index in [1.807, 2.05) is 25.7 Å². The highest BCUT2D eigenvalue weighted by Gasteiger charge is 2.28. The second kappa shape index (κ2) is 9.98. The average Bonchev–Trinajstić information content (AvgIpc) is 3.00. The van der Waals surface area contributed by atoms with E-state index < -0.39 is 11.5 Å². The van der Waals surface area contributed by atoms with Crippen LogP contribution in [0.4, 0.5) is 0 Å². The Balaban J connectivity index is 1.51. The predicted octanol–water partition coefficient (Wildman–Crippen LogP) is 4.51. The fraction of sp³-hybridized carbons (Fsp3) is 0.379. The molecule has 5 nitrogen and oxygen atoms in total. The van der Waals surface area contributed by atoms with Gasteiger partial charge in [-0.3, -0.25) is 9.59 Å². The normalized spacial score (nSPS) is 16.4. The number of aliphatic hydroxyl groups excluding tert-OH is 1. The third-order valence-corrected chi connectivity index (χ3v) is 6.63. The quantitative estimate of drug-likeness (QED) is 0.605. The van der Waals surface area contributed by atoms with Crippen LogP contribution in [0.2, 0.25) is 0 Å². The molecule has 34 heavy (non-hydrogen) atoms. The lowest BCUT2D eigenvalue weighted by Gasteiger charge is -2.32. The Morgan fingerprint density at radius 2 is 1.47 bits per heavy atom. The Morgan fingerprint density at radius 3 is 1.97 bits per heavy atom. The smallest absolute Gasteiger partial charge is 0.225 e. The largest absolute Gasteiger partial charge is 0.394 e. The van der Waals surface area contributed by atoms with Crippen molar-refractivity contribution in [1.82, 2.24) is 10.2 Å². The van der Waals surface area contributed by atoms with E-state index in [0.29, 0.717) is 13.1 Å². The maximum Gasteiger partial charge on any atom is 0.225 e. The maximum atomic E-state index is 13.0. The molecule has 0 radical (unpaired) electrons. The first-order valence-corrected chi connectivity index (χ1v) is 12.1. The van der Waals surface area contributed by atoms with Gasteiger partial charge < -0.3 is 15.3 Å². The molecule has 1 aliphatic carbocycles. The molecule has 1 saturated heterocycles. The van der Waals surface area contributed by atoms with Gasteiger partial charge in [-0.15, -0.1) is 0 Å². The highest BCUT2D eigenvalue weighted by molar-refractivity contribution is 5.95. The van der Waals surface area contributed by atoms with Gasteiger partial charge in [0.15, 0.2) is 0 Å². The van der Waals surface area contributed by atoms with Crippen molar-refractivity contribution in [2.24, 2.45) is 5.41 Å². The zero-order valence-electron chi connectivity index (χ0n) is 20.3. The van der Waals surface area contributed by atoms with Crippen molar-refractivity contribution < 1.29 is 14.7 Å². The van der Waals surface area contributed by atoms with Gasteiger partial charge in [0.1, 0.15) is 0 Å². The number of carbonyl (C=O) groups is 2. The molecule has 1 aliphatic heterocycles. The van der Waals surface area contributed by atoms with Crippen LogP contribution in [0.5, 0.6) is 0 Å². The lowest BCUT2D eigenvalue weighted by Crippen LogP contribution is -2.47. The molecular weight excluding hydrogens is 424 g/mol. The molecule has 2 aliphatic rings. The van der Waals surface area contributed by atoms with Gasteiger partial charge >= 0.3 is 0 Å². The SMILES string of the molecule is CC(C)(C)C(=O)N[C@@H](CO)CC(=O)N1CCC(=C2c3ccccc3C=Cc3ccccc32)CC1. The van der Waals surface area contributed by atoms with Crippen LogP contribution in [-0.2, 0) is 9.59 Å². The summed E-state index contributed by atoms with van der Waals surface area (Å²) in [6, 6.07) is 16.4. The van der Waals surface area contributed by atoms with E-state index >= 15 is 0 Å². The van der Waals surface area contributed by atoms with Crippen molar-refractivity contribution >= 4 is 29.5 Å². The van der Waals surface area contributed by atoms with Gasteiger partial charge in [0.25, 0.3) is 0 Å². The van der Waals surface area contributed by atoms with Crippen LogP contribution in [0.3, 0.4) is 0 Å². The van der Waals surface area contributed by atoms with Crippen molar-refractivity contribution in [2.75, 3.05) is 19.7 Å². The Bertz CT molecular complexity index is 1080. The number of amides is 2. The number of fused-ring (bicyclic) bond motifs is 2. The van der Waals surface area contributed by atoms with E-state index in [1.54, 1.807) is 0 Å². The Hall–Kier alpha value is -3.18. The number of benzene rings is 2. The molecule has 0 bridgehead atoms. The van der Waals surface area contributed by atoms with Crippen LogP contribution in [0.1, 0.15) is 62.3 Å². The number of piperidine rings is 1. The van der Waals surface area contributed by atoms with Crippen LogP contribution in [0, 0.1) is 5.41 Å². The minimum Gasteiger partial charge on any atom is -0.394 e. The third-order valence-electron chi connectivity index (χ3n) is 6.63. The van der Waals surface area contributed by atoms with Crippen LogP contribution in [0.15, 0.2) is 54.1 Å². The van der Waals surface area contributed by atoms with Gasteiger partial charge in [0.05, 0.1) is 12.6 Å². The summed E-state index contributed by atoms with van der Waals surface area (Å²) in [5.41, 5.74) is 6.98. The van der Waals surface area contributed by atoms with Crippen LogP contribution < -0.4 is 5.32 Å². The number of aliphatic hydroxyl groups is 1. The molecule has 4 rings (SSSR count). The highest BCUT2D eigenvalue weighted by atomic mass is 16.3. The minimum absolute atomic E-state index is 0.0272. The second-order valence-electron chi connectivity index (χ2n) is 10.2. The second-order valence-corrected chi connectivity index (χ2v) is 10.2. The molecule has 178 valence electrons. The molecule has 0 aromatic heterocycles. The van der Waals surface area contributed by atoms with Gasteiger partial charge in [-0.25, -0.2) is 0 Å². The lowest BCUT2D eigenvalue weighted by molar-refractivity contribution is -0.133. The standard InChI is InChI=1S/C29H34N2O3/c1-29(2,3)28(34)30-23(19-32)18-26(33)31-16-14-22(15-17-31)27-24-10-6-4-8-20(24)12-13-21-9-5-7-11-25(21)27/h4-13,23,32H,14-19H2,1-3H3,(H,30,34)/t23-/m1/s1. The van der Waals surface area contributed by atoms with E-state index in [1.165, 1.54) is 33.4 Å². The van der Waals surface area contributed by atoms with E-state index in [0.717, 1.165) is 12.8 Å². The number of hydrogen-bond donors (Lipinski definition) is 2. The maximum absolute atomic E-state index is 13.0. The molecule has 0 unspecified atom stereocenters. The number of nitrogens with zero attached hydrogens (tertiary/aromatic N) is 1.